The van der Waals surface area contributed by atoms with Crippen molar-refractivity contribution in [3.05, 3.63) is 11.7 Å². The summed E-state index contributed by atoms with van der Waals surface area (Å²) in [6.45, 7) is 9.81. The van der Waals surface area contributed by atoms with Crippen LogP contribution in [0.15, 0.2) is 4.52 Å². The van der Waals surface area contributed by atoms with Crippen LogP contribution in [0.5, 0.6) is 0 Å². The lowest BCUT2D eigenvalue weighted by Gasteiger charge is -2.17. The molecule has 0 saturated heterocycles. The zero-order valence-corrected chi connectivity index (χ0v) is 12.0. The van der Waals surface area contributed by atoms with Crippen molar-refractivity contribution in [2.75, 3.05) is 6.54 Å². The number of nitrogens with zero attached hydrogens (tertiary/aromatic N) is 2. The van der Waals surface area contributed by atoms with Crippen molar-refractivity contribution < 1.29 is 4.52 Å². The van der Waals surface area contributed by atoms with Gasteiger partial charge in [-0.25, -0.2) is 0 Å². The van der Waals surface area contributed by atoms with E-state index in [1.165, 1.54) is 12.8 Å². The third-order valence-corrected chi connectivity index (χ3v) is 3.68. The van der Waals surface area contributed by atoms with E-state index in [1.807, 2.05) is 0 Å². The second-order valence-electron chi connectivity index (χ2n) is 6.16. The summed E-state index contributed by atoms with van der Waals surface area (Å²) in [6.07, 6.45) is 4.36. The molecule has 0 radical (unpaired) electrons. The smallest absolute Gasteiger partial charge is 0.228 e. The van der Waals surface area contributed by atoms with Crippen molar-refractivity contribution in [2.45, 2.75) is 64.8 Å². The lowest BCUT2D eigenvalue weighted by atomic mass is 10.0. The van der Waals surface area contributed by atoms with Crippen LogP contribution in [0.3, 0.4) is 0 Å². The van der Waals surface area contributed by atoms with Gasteiger partial charge >= 0.3 is 0 Å². The highest BCUT2D eigenvalue weighted by Crippen LogP contribution is 2.45. The Morgan fingerprint density at radius 3 is 2.67 bits per heavy atom. The molecule has 0 spiro atoms. The largest absolute Gasteiger partial charge is 0.339 e. The summed E-state index contributed by atoms with van der Waals surface area (Å²) in [4.78, 5) is 4.56. The van der Waals surface area contributed by atoms with Crippen LogP contribution >= 0.6 is 0 Å². The Kier molecular flexibility index (Phi) is 4.05. The van der Waals surface area contributed by atoms with Crippen molar-refractivity contribution in [1.29, 1.82) is 0 Å². The number of hydrogen-bond acceptors (Lipinski definition) is 4. The molecule has 1 N–H and O–H groups in total. The fourth-order valence-electron chi connectivity index (χ4n) is 2.30. The zero-order valence-electron chi connectivity index (χ0n) is 12.0. The molecule has 1 saturated carbocycles. The first-order valence-corrected chi connectivity index (χ1v) is 7.10. The minimum absolute atomic E-state index is 0.202. The van der Waals surface area contributed by atoms with Crippen LogP contribution < -0.4 is 5.32 Å². The molecule has 1 aliphatic carbocycles. The molecule has 2 rings (SSSR count). The summed E-state index contributed by atoms with van der Waals surface area (Å²) in [7, 11) is 0. The molecule has 0 bridgehead atoms. The van der Waals surface area contributed by atoms with E-state index in [-0.39, 0.29) is 5.41 Å². The molecule has 1 aromatic rings. The van der Waals surface area contributed by atoms with Crippen molar-refractivity contribution in [1.82, 2.24) is 15.5 Å². The zero-order chi connectivity index (χ0) is 13.2. The van der Waals surface area contributed by atoms with Crippen LogP contribution in [0, 0.1) is 5.92 Å². The lowest BCUT2D eigenvalue weighted by molar-refractivity contribution is 0.336. The minimum Gasteiger partial charge on any atom is -0.339 e. The Balaban J connectivity index is 1.95. The van der Waals surface area contributed by atoms with Gasteiger partial charge in [0.2, 0.25) is 5.89 Å². The molecule has 1 unspecified atom stereocenters. The predicted octanol–water partition coefficient (Wildman–Crippen LogP) is 2.69. The summed E-state index contributed by atoms with van der Waals surface area (Å²) in [5.74, 6) is 2.36. The topological polar surface area (TPSA) is 51.0 Å². The van der Waals surface area contributed by atoms with Gasteiger partial charge in [0, 0.05) is 17.9 Å². The van der Waals surface area contributed by atoms with Crippen molar-refractivity contribution in [2.24, 2.45) is 5.92 Å². The highest BCUT2D eigenvalue weighted by Gasteiger charge is 2.43. The highest BCUT2D eigenvalue weighted by atomic mass is 16.5. The second-order valence-corrected chi connectivity index (χ2v) is 6.16. The molecule has 0 aliphatic heterocycles. The highest BCUT2D eigenvalue weighted by molar-refractivity contribution is 5.14. The fourth-order valence-corrected chi connectivity index (χ4v) is 2.30. The number of nitrogens with one attached hydrogen (secondary N) is 1. The van der Waals surface area contributed by atoms with Gasteiger partial charge in [-0.05, 0) is 31.7 Å². The number of aromatic nitrogens is 2. The average molecular weight is 251 g/mol. The second kappa shape index (κ2) is 5.39. The van der Waals surface area contributed by atoms with E-state index in [1.54, 1.807) is 0 Å². The van der Waals surface area contributed by atoms with Crippen LogP contribution in [0.4, 0.5) is 0 Å². The molecule has 0 aromatic carbocycles. The quantitative estimate of drug-likeness (QED) is 0.809. The molecule has 0 amide bonds. The van der Waals surface area contributed by atoms with Crippen molar-refractivity contribution in [3.8, 4) is 0 Å². The summed E-state index contributed by atoms with van der Waals surface area (Å²) in [6, 6.07) is 0.440. The summed E-state index contributed by atoms with van der Waals surface area (Å²) in [5.41, 5.74) is 0.202. The molecule has 102 valence electrons. The van der Waals surface area contributed by atoms with E-state index in [4.69, 9.17) is 4.52 Å². The third-order valence-electron chi connectivity index (χ3n) is 3.68. The molecular formula is C14H25N3O. The Bertz CT molecular complexity index is 382. The molecule has 1 fully saturated rings. The van der Waals surface area contributed by atoms with E-state index in [2.05, 4.69) is 43.2 Å². The van der Waals surface area contributed by atoms with Crippen molar-refractivity contribution >= 4 is 0 Å². The van der Waals surface area contributed by atoms with Gasteiger partial charge in [0.05, 0.1) is 0 Å². The Morgan fingerprint density at radius 2 is 2.11 bits per heavy atom. The minimum atomic E-state index is 0.202. The standard InChI is InChI=1S/C14H25N3O/c1-5-15-11(8-10(2)3)9-12-16-13(17-18-12)14(4)6-7-14/h10-11,15H,5-9H2,1-4H3. The summed E-state index contributed by atoms with van der Waals surface area (Å²) >= 11 is 0. The lowest BCUT2D eigenvalue weighted by Crippen LogP contribution is -2.32. The SMILES string of the molecule is CCNC(Cc1nc(C2(C)CC2)no1)CC(C)C. The number of rotatable bonds is 7. The monoisotopic (exact) mass is 251 g/mol. The molecule has 1 aliphatic rings. The molecule has 1 heterocycles. The van der Waals surface area contributed by atoms with E-state index in [0.29, 0.717) is 12.0 Å². The molecule has 4 heteroatoms. The maximum absolute atomic E-state index is 5.39. The first kappa shape index (κ1) is 13.5. The molecule has 4 nitrogen and oxygen atoms in total. The van der Waals surface area contributed by atoms with E-state index in [0.717, 1.165) is 31.1 Å². The first-order chi connectivity index (χ1) is 8.53. The summed E-state index contributed by atoms with van der Waals surface area (Å²) < 4.78 is 5.39. The predicted molar refractivity (Wildman–Crippen MR) is 71.5 cm³/mol. The van der Waals surface area contributed by atoms with Crippen LogP contribution in [-0.2, 0) is 11.8 Å². The van der Waals surface area contributed by atoms with Gasteiger partial charge in [-0.2, -0.15) is 4.98 Å². The molecule has 1 atom stereocenters. The van der Waals surface area contributed by atoms with Gasteiger partial charge in [0.25, 0.3) is 0 Å². The first-order valence-electron chi connectivity index (χ1n) is 7.10. The van der Waals surface area contributed by atoms with Crippen LogP contribution in [0.25, 0.3) is 0 Å². The fraction of sp³-hybridized carbons (Fsp3) is 0.857. The maximum atomic E-state index is 5.39. The maximum Gasteiger partial charge on any atom is 0.228 e. The molecular weight excluding hydrogens is 226 g/mol. The third kappa shape index (κ3) is 3.31. The van der Waals surface area contributed by atoms with Crippen LogP contribution in [0.2, 0.25) is 0 Å². The van der Waals surface area contributed by atoms with Gasteiger partial charge < -0.3 is 9.84 Å². The van der Waals surface area contributed by atoms with E-state index < -0.39 is 0 Å². The average Bonchev–Trinajstić information content (AvgIpc) is 2.87. The van der Waals surface area contributed by atoms with Gasteiger partial charge in [-0.15, -0.1) is 0 Å². The van der Waals surface area contributed by atoms with E-state index >= 15 is 0 Å². The van der Waals surface area contributed by atoms with Crippen LogP contribution in [0.1, 0.15) is 58.7 Å². The van der Waals surface area contributed by atoms with Crippen LogP contribution in [-0.4, -0.2) is 22.7 Å². The van der Waals surface area contributed by atoms with Gasteiger partial charge in [0.1, 0.15) is 0 Å². The van der Waals surface area contributed by atoms with E-state index in [9.17, 15) is 0 Å². The van der Waals surface area contributed by atoms with Gasteiger partial charge in [-0.1, -0.05) is 32.9 Å². The Labute approximate surface area is 110 Å². The molecule has 1 aromatic heterocycles. The van der Waals surface area contributed by atoms with Crippen molar-refractivity contribution in [3.63, 3.8) is 0 Å². The normalized spacial score (nSPS) is 19.2. The molecule has 18 heavy (non-hydrogen) atoms. The number of hydrogen-bond donors (Lipinski definition) is 1. The Hall–Kier alpha value is -0.900. The Morgan fingerprint density at radius 1 is 1.39 bits per heavy atom. The number of likely N-dealkylation sites (N-methyl/N-ethyl adjacent to an activating group) is 1. The van der Waals surface area contributed by atoms with Gasteiger partial charge in [-0.3, -0.25) is 0 Å². The van der Waals surface area contributed by atoms with Gasteiger partial charge in [0.15, 0.2) is 5.82 Å². The summed E-state index contributed by atoms with van der Waals surface area (Å²) in [5, 5.41) is 7.63.